The molecule has 3 atom stereocenters. The lowest BCUT2D eigenvalue weighted by atomic mass is 9.59. The summed E-state index contributed by atoms with van der Waals surface area (Å²) >= 11 is 0. The summed E-state index contributed by atoms with van der Waals surface area (Å²) < 4.78 is 0. The number of ketones is 2. The van der Waals surface area contributed by atoms with E-state index in [1.165, 1.54) is 6.07 Å². The van der Waals surface area contributed by atoms with Crippen LogP contribution in [0.3, 0.4) is 0 Å². The minimum Gasteiger partial charge on any atom is -0.508 e. The number of rotatable bonds is 1. The molecule has 3 unspecified atom stereocenters. The predicted molar refractivity (Wildman–Crippen MR) is 100 cm³/mol. The first-order valence-electron chi connectivity index (χ1n) is 8.87. The first-order valence-corrected chi connectivity index (χ1v) is 8.87. The van der Waals surface area contributed by atoms with Crippen LogP contribution in [0.2, 0.25) is 0 Å². The van der Waals surface area contributed by atoms with E-state index in [1.807, 2.05) is 0 Å². The van der Waals surface area contributed by atoms with Crippen LogP contribution < -0.4 is 17.2 Å². The second-order valence-corrected chi connectivity index (χ2v) is 7.66. The van der Waals surface area contributed by atoms with E-state index in [0.29, 0.717) is 5.56 Å². The van der Waals surface area contributed by atoms with Crippen LogP contribution in [-0.2, 0) is 20.8 Å². The van der Waals surface area contributed by atoms with Gasteiger partial charge in [0, 0.05) is 23.6 Å². The molecule has 0 bridgehead atoms. The maximum absolute atomic E-state index is 13.2. The fraction of sp³-hybridized carbons (Fsp3) is 0.316. The third-order valence-corrected chi connectivity index (χ3v) is 6.13. The Balaban J connectivity index is 1.96. The molecular weight excluding hydrogens is 382 g/mol. The van der Waals surface area contributed by atoms with Crippen LogP contribution in [0.25, 0.3) is 5.76 Å². The van der Waals surface area contributed by atoms with E-state index in [2.05, 4.69) is 0 Å². The van der Waals surface area contributed by atoms with Crippen LogP contribution in [-0.4, -0.2) is 43.5 Å². The summed E-state index contributed by atoms with van der Waals surface area (Å²) in [7, 11) is 0. The molecule has 0 spiro atoms. The molecule has 1 aromatic rings. The number of aliphatic hydroxyl groups is 3. The highest BCUT2D eigenvalue weighted by atomic mass is 16.3. The SMILES string of the molecule is NC(=O)C1=C(O)C2(O)C(=O)C3=C(O)c4c(O)c(N)cc(N)c4CC3CC2CC1=O. The van der Waals surface area contributed by atoms with Crippen LogP contribution in [0, 0.1) is 11.8 Å². The zero-order valence-corrected chi connectivity index (χ0v) is 15.1. The predicted octanol–water partition coefficient (Wildman–Crippen LogP) is -0.412. The molecule has 10 N–H and O–H groups in total. The number of benzene rings is 1. The van der Waals surface area contributed by atoms with E-state index in [9.17, 15) is 34.8 Å². The summed E-state index contributed by atoms with van der Waals surface area (Å²) in [5, 5.41) is 42.6. The van der Waals surface area contributed by atoms with E-state index in [1.54, 1.807) is 0 Å². The van der Waals surface area contributed by atoms with Gasteiger partial charge in [-0.05, 0) is 30.4 Å². The second kappa shape index (κ2) is 5.74. The molecule has 0 saturated heterocycles. The molecule has 0 aliphatic heterocycles. The molecule has 1 saturated carbocycles. The van der Waals surface area contributed by atoms with Gasteiger partial charge in [0.1, 0.15) is 22.8 Å². The first-order chi connectivity index (χ1) is 13.5. The van der Waals surface area contributed by atoms with E-state index < -0.39 is 57.8 Å². The molecule has 1 fully saturated rings. The maximum atomic E-state index is 13.2. The van der Waals surface area contributed by atoms with E-state index >= 15 is 0 Å². The number of aromatic hydroxyl groups is 1. The minimum absolute atomic E-state index is 0.0491. The number of carbonyl (C=O) groups is 3. The molecule has 0 heterocycles. The number of nitrogens with two attached hydrogens (primary N) is 3. The quantitative estimate of drug-likeness (QED) is 0.141. The number of primary amides is 1. The van der Waals surface area contributed by atoms with Crippen molar-refractivity contribution in [3.05, 3.63) is 34.1 Å². The van der Waals surface area contributed by atoms with Gasteiger partial charge in [0.2, 0.25) is 5.78 Å². The van der Waals surface area contributed by atoms with Gasteiger partial charge in [-0.3, -0.25) is 14.4 Å². The maximum Gasteiger partial charge on any atom is 0.255 e. The lowest BCUT2D eigenvalue weighted by Crippen LogP contribution is -2.58. The van der Waals surface area contributed by atoms with E-state index in [0.717, 1.165) is 0 Å². The third-order valence-electron chi connectivity index (χ3n) is 6.13. The number of anilines is 2. The lowest BCUT2D eigenvalue weighted by molar-refractivity contribution is -0.147. The highest BCUT2D eigenvalue weighted by molar-refractivity contribution is 6.22. The Morgan fingerprint density at radius 1 is 1.10 bits per heavy atom. The van der Waals surface area contributed by atoms with Crippen molar-refractivity contribution >= 4 is 34.6 Å². The van der Waals surface area contributed by atoms with E-state index in [4.69, 9.17) is 17.2 Å². The van der Waals surface area contributed by atoms with E-state index in [-0.39, 0.29) is 41.8 Å². The molecule has 29 heavy (non-hydrogen) atoms. The normalized spacial score (nSPS) is 28.7. The van der Waals surface area contributed by atoms with Crippen LogP contribution in [0.15, 0.2) is 23.0 Å². The van der Waals surface area contributed by atoms with Crippen molar-refractivity contribution in [2.24, 2.45) is 17.6 Å². The fourth-order valence-corrected chi connectivity index (χ4v) is 4.74. The zero-order valence-electron chi connectivity index (χ0n) is 15.1. The van der Waals surface area contributed by atoms with Crippen molar-refractivity contribution in [3.8, 4) is 5.75 Å². The number of hydrogen-bond donors (Lipinski definition) is 7. The van der Waals surface area contributed by atoms with Gasteiger partial charge in [0.25, 0.3) is 5.91 Å². The number of hydrogen-bond acceptors (Lipinski definition) is 9. The number of carbonyl (C=O) groups excluding carboxylic acids is 3. The molecule has 1 amide bonds. The Morgan fingerprint density at radius 2 is 1.76 bits per heavy atom. The summed E-state index contributed by atoms with van der Waals surface area (Å²) in [6.45, 7) is 0. The van der Waals surface area contributed by atoms with Crippen LogP contribution in [0.4, 0.5) is 11.4 Å². The Labute approximate surface area is 163 Å². The topological polar surface area (TPSA) is 210 Å². The van der Waals surface area contributed by atoms with Gasteiger partial charge in [0.15, 0.2) is 11.4 Å². The lowest BCUT2D eigenvalue weighted by Gasteiger charge is -2.46. The van der Waals surface area contributed by atoms with Crippen LogP contribution >= 0.6 is 0 Å². The van der Waals surface area contributed by atoms with Crippen molar-refractivity contribution in [1.82, 2.24) is 0 Å². The number of fused-ring (bicyclic) bond motifs is 3. The molecule has 10 nitrogen and oxygen atoms in total. The number of aliphatic hydroxyl groups excluding tert-OH is 2. The summed E-state index contributed by atoms with van der Waals surface area (Å²) in [5.41, 5.74) is 13.5. The monoisotopic (exact) mass is 401 g/mol. The summed E-state index contributed by atoms with van der Waals surface area (Å²) in [6.07, 6.45) is -0.175. The Morgan fingerprint density at radius 3 is 2.38 bits per heavy atom. The summed E-state index contributed by atoms with van der Waals surface area (Å²) in [4.78, 5) is 37.0. The Hall–Kier alpha value is -3.53. The van der Waals surface area contributed by atoms with Crippen molar-refractivity contribution < 1.29 is 34.8 Å². The molecule has 10 heteroatoms. The van der Waals surface area contributed by atoms with Gasteiger partial charge >= 0.3 is 0 Å². The standard InChI is InChI=1S/C19H19N3O7/c20-8-4-9(21)14(24)12-7(8)2-5-1-6-3-10(23)13(18(22)28)17(27)19(6,29)16(26)11(5)15(12)25/h4-6,24-25,27,29H,1-3,20-21H2,(H2,22,28). The average Bonchev–Trinajstić information content (AvgIpc) is 2.62. The number of Topliss-reactive ketones (excluding diaryl/α,β-unsaturated/α-hetero) is 2. The number of amides is 1. The fourth-order valence-electron chi connectivity index (χ4n) is 4.74. The first kappa shape index (κ1) is 18.8. The average molecular weight is 401 g/mol. The van der Waals surface area contributed by atoms with Crippen molar-refractivity contribution in [3.63, 3.8) is 0 Å². The largest absolute Gasteiger partial charge is 0.508 e. The van der Waals surface area contributed by atoms with Crippen LogP contribution in [0.1, 0.15) is 24.0 Å². The highest BCUT2D eigenvalue weighted by Gasteiger charge is 2.60. The van der Waals surface area contributed by atoms with Gasteiger partial charge in [-0.2, -0.15) is 0 Å². The van der Waals surface area contributed by atoms with Crippen molar-refractivity contribution in [2.45, 2.75) is 24.9 Å². The molecule has 1 aromatic carbocycles. The minimum atomic E-state index is -2.59. The summed E-state index contributed by atoms with van der Waals surface area (Å²) in [6, 6.07) is 1.34. The van der Waals surface area contributed by atoms with Crippen LogP contribution in [0.5, 0.6) is 5.75 Å². The number of phenols is 1. The molecule has 0 radical (unpaired) electrons. The smallest absolute Gasteiger partial charge is 0.255 e. The van der Waals surface area contributed by atoms with Gasteiger partial charge in [-0.25, -0.2) is 0 Å². The second-order valence-electron chi connectivity index (χ2n) is 7.66. The van der Waals surface area contributed by atoms with Gasteiger partial charge < -0.3 is 37.6 Å². The zero-order chi connectivity index (χ0) is 21.4. The van der Waals surface area contributed by atoms with Gasteiger partial charge in [-0.1, -0.05) is 0 Å². The molecule has 4 rings (SSSR count). The van der Waals surface area contributed by atoms with Crippen molar-refractivity contribution in [2.75, 3.05) is 11.5 Å². The van der Waals surface area contributed by atoms with Gasteiger partial charge in [-0.15, -0.1) is 0 Å². The van der Waals surface area contributed by atoms with Gasteiger partial charge in [0.05, 0.1) is 11.3 Å². The number of nitrogen functional groups attached to an aromatic ring is 2. The summed E-state index contributed by atoms with van der Waals surface area (Å²) in [5.74, 6) is -6.93. The third kappa shape index (κ3) is 2.23. The molecular formula is C19H19N3O7. The molecule has 152 valence electrons. The molecule has 3 aliphatic carbocycles. The molecule has 3 aliphatic rings. The number of phenolic OH excluding ortho intramolecular Hbond substituents is 1. The Bertz CT molecular complexity index is 1090. The highest BCUT2D eigenvalue weighted by Crippen LogP contribution is 2.53. The molecule has 0 aromatic heterocycles. The Kier molecular flexibility index (Phi) is 3.72. The van der Waals surface area contributed by atoms with Crippen molar-refractivity contribution in [1.29, 1.82) is 0 Å².